The third-order valence-corrected chi connectivity index (χ3v) is 0. The molecule has 0 saturated carbocycles. The molecule has 0 aromatic heterocycles. The third-order valence-electron chi connectivity index (χ3n) is 0. The van der Waals surface area contributed by atoms with Crippen LogP contribution in [0.2, 0.25) is 0 Å². The van der Waals surface area contributed by atoms with E-state index in [4.69, 9.17) is 4.78 Å². The maximum absolute atomic E-state index is 9.67. The molecule has 0 aliphatic rings. The van der Waals surface area contributed by atoms with E-state index in [2.05, 4.69) is 12.4 Å². The monoisotopic (exact) mass is 251 g/mol. The minimum atomic E-state index is -3.67. The molecule has 0 atom stereocenters. The molecule has 0 unspecified atom stereocenters. The molecule has 0 aromatic rings. The average molecular weight is 252 g/mol. The molecule has 66 valence electrons. The molecule has 0 bridgehead atoms. The van der Waals surface area contributed by atoms with Crippen molar-refractivity contribution in [1.82, 2.24) is 0 Å². The fourth-order valence-corrected chi connectivity index (χ4v) is 0. The Morgan fingerprint density at radius 2 is 0.727 bits per heavy atom. The Morgan fingerprint density at radius 3 is 0.727 bits per heavy atom. The van der Waals surface area contributed by atoms with Crippen molar-refractivity contribution in [2.45, 2.75) is 13.4 Å². The molecule has 0 aromatic carbocycles. The van der Waals surface area contributed by atoms with Crippen LogP contribution in [0, 0.1) is 4.78 Å². The van der Waals surface area contributed by atoms with Gasteiger partial charge >= 0.3 is 13.4 Å². The maximum Gasteiger partial charge on any atom is 0.379 e. The summed E-state index contributed by atoms with van der Waals surface area (Å²) in [5, 5.41) is 0. The largest absolute Gasteiger partial charge is 0.379 e. The first kappa shape index (κ1) is 22.5. The summed E-state index contributed by atoms with van der Waals surface area (Å²) < 4.78 is 63.3. The van der Waals surface area contributed by atoms with Gasteiger partial charge in [-0.1, -0.05) is 0 Å². The second-order valence-corrected chi connectivity index (χ2v) is 0.495. The Hall–Kier alpha value is 0.223. The standard InChI is InChI=1S/2CHF3.HNS.Zn/c2*2-1(3)4;1-2;/h2*1H;1H;. The molecule has 0 aliphatic carbocycles. The predicted molar refractivity (Wildman–Crippen MR) is 24.3 cm³/mol. The van der Waals surface area contributed by atoms with E-state index in [-0.39, 0.29) is 19.5 Å². The second-order valence-electron chi connectivity index (χ2n) is 0.495. The van der Waals surface area contributed by atoms with Crippen LogP contribution in [0.15, 0.2) is 0 Å². The third kappa shape index (κ3) is 13900. The van der Waals surface area contributed by atoms with Gasteiger partial charge in [0.05, 0.1) is 0 Å². The molecule has 0 heterocycles. The van der Waals surface area contributed by atoms with E-state index in [1.807, 2.05) is 0 Å². The Bertz CT molecular complexity index is 44.3. The smallest absolute Gasteiger partial charge is 0.235 e. The van der Waals surface area contributed by atoms with Gasteiger partial charge in [-0.05, 0) is 0 Å². The zero-order chi connectivity index (χ0) is 9.15. The van der Waals surface area contributed by atoms with Gasteiger partial charge in [-0.3, -0.25) is 0 Å². The van der Waals surface area contributed by atoms with Gasteiger partial charge in [0.15, 0.2) is 0 Å². The SMILES string of the molecule is FC(F)F.FC(F)F.N=S.[Zn]. The summed E-state index contributed by atoms with van der Waals surface area (Å²) in [5.41, 5.74) is 0. The average Bonchev–Trinajstić information content (AvgIpc) is 1.66. The number of alkyl halides is 6. The Kier molecular flexibility index (Phi) is 45.9. The number of rotatable bonds is 0. The van der Waals surface area contributed by atoms with Gasteiger partial charge in [0, 0.05) is 31.9 Å². The van der Waals surface area contributed by atoms with Gasteiger partial charge in [0.25, 0.3) is 0 Å². The van der Waals surface area contributed by atoms with Gasteiger partial charge in [-0.2, -0.15) is 26.3 Å². The summed E-state index contributed by atoms with van der Waals surface area (Å²) in [6.07, 6.45) is 0. The van der Waals surface area contributed by atoms with Crippen molar-refractivity contribution in [2.75, 3.05) is 0 Å². The zero-order valence-corrected chi connectivity index (χ0v) is 8.82. The van der Waals surface area contributed by atoms with Crippen LogP contribution in [0.5, 0.6) is 0 Å². The Labute approximate surface area is 76.9 Å². The van der Waals surface area contributed by atoms with Crippen molar-refractivity contribution < 1.29 is 45.8 Å². The molecule has 0 rings (SSSR count). The molecule has 0 radical (unpaired) electrons. The Balaban J connectivity index is -0.0000000339. The zero-order valence-electron chi connectivity index (χ0n) is 5.04. The summed E-state index contributed by atoms with van der Waals surface area (Å²) in [4.78, 5) is 0. The van der Waals surface area contributed by atoms with E-state index in [1.54, 1.807) is 0 Å². The van der Waals surface area contributed by atoms with Gasteiger partial charge < -0.3 is 0 Å². The van der Waals surface area contributed by atoms with Crippen molar-refractivity contribution in [3.63, 3.8) is 0 Å². The van der Waals surface area contributed by atoms with E-state index >= 15 is 0 Å². The molecule has 0 spiro atoms. The molecule has 0 fully saturated rings. The summed E-state index contributed by atoms with van der Waals surface area (Å²) in [5.74, 6) is 0. The predicted octanol–water partition coefficient (Wildman–Crippen LogP) is 2.65. The van der Waals surface area contributed by atoms with Gasteiger partial charge in [0.1, 0.15) is 0 Å². The van der Waals surface area contributed by atoms with Crippen LogP contribution in [0.3, 0.4) is 0 Å². The van der Waals surface area contributed by atoms with Gasteiger partial charge in [-0.15, -0.1) is 0 Å². The van der Waals surface area contributed by atoms with Crippen LogP contribution in [0.1, 0.15) is 0 Å². The number of nitrogens with one attached hydrogen (secondary N) is 1. The van der Waals surface area contributed by atoms with E-state index in [9.17, 15) is 26.3 Å². The summed E-state index contributed by atoms with van der Waals surface area (Å²) in [7, 11) is 0. The minimum Gasteiger partial charge on any atom is -0.235 e. The molecule has 0 saturated heterocycles. The summed E-state index contributed by atoms with van der Waals surface area (Å²) in [6.45, 7) is -7.33. The van der Waals surface area contributed by atoms with Crippen LogP contribution in [-0.4, -0.2) is 13.4 Å². The summed E-state index contributed by atoms with van der Waals surface area (Å²) in [6, 6.07) is 0. The van der Waals surface area contributed by atoms with E-state index < -0.39 is 13.4 Å². The first-order valence-electron chi connectivity index (χ1n) is 1.51. The number of halogens is 6. The molecular weight excluding hydrogens is 249 g/mol. The molecule has 0 amide bonds. The van der Waals surface area contributed by atoms with Crippen LogP contribution >= 0.6 is 0 Å². The molecular formula is C2H3F6NSZn. The van der Waals surface area contributed by atoms with Crippen molar-refractivity contribution >= 4 is 12.4 Å². The van der Waals surface area contributed by atoms with E-state index in [1.165, 1.54) is 0 Å². The molecule has 11 heavy (non-hydrogen) atoms. The van der Waals surface area contributed by atoms with Crippen molar-refractivity contribution in [3.8, 4) is 0 Å². The first-order valence-corrected chi connectivity index (χ1v) is 1.92. The van der Waals surface area contributed by atoms with Crippen LogP contribution in [0.4, 0.5) is 26.3 Å². The van der Waals surface area contributed by atoms with Crippen LogP contribution < -0.4 is 0 Å². The molecule has 9 heteroatoms. The fraction of sp³-hybridized carbons (Fsp3) is 1.00. The van der Waals surface area contributed by atoms with E-state index in [0.717, 1.165) is 0 Å². The first-order chi connectivity index (χ1) is 4.46. The fourth-order valence-electron chi connectivity index (χ4n) is 0. The van der Waals surface area contributed by atoms with Crippen LogP contribution in [-0.2, 0) is 31.9 Å². The van der Waals surface area contributed by atoms with Gasteiger partial charge in [-0.25, -0.2) is 4.78 Å². The molecule has 1 nitrogen and oxygen atoms in total. The molecule has 1 N–H and O–H groups in total. The maximum atomic E-state index is 9.67. The van der Waals surface area contributed by atoms with Crippen molar-refractivity contribution in [3.05, 3.63) is 0 Å². The summed E-state index contributed by atoms with van der Waals surface area (Å²) >= 11 is 3.33. The second kappa shape index (κ2) is 22.5. The van der Waals surface area contributed by atoms with Crippen molar-refractivity contribution in [1.29, 1.82) is 4.78 Å². The van der Waals surface area contributed by atoms with E-state index in [0.29, 0.717) is 0 Å². The van der Waals surface area contributed by atoms with Crippen molar-refractivity contribution in [2.24, 2.45) is 0 Å². The topological polar surface area (TPSA) is 23.9 Å². The number of hydrogen-bond donors (Lipinski definition) is 1. The van der Waals surface area contributed by atoms with Crippen LogP contribution in [0.25, 0.3) is 0 Å². The molecule has 0 aliphatic heterocycles. The van der Waals surface area contributed by atoms with Gasteiger partial charge in [0.2, 0.25) is 0 Å². The minimum absolute atomic E-state index is 0. The quantitative estimate of drug-likeness (QED) is 0.520. The number of hydrogen-bond acceptors (Lipinski definition) is 2. The Morgan fingerprint density at radius 1 is 0.727 bits per heavy atom. The normalized spacial score (nSPS) is 6.91.